The predicted octanol–water partition coefficient (Wildman–Crippen LogP) is 2.52. The van der Waals surface area contributed by atoms with Crippen LogP contribution in [0.15, 0.2) is 36.4 Å². The van der Waals surface area contributed by atoms with Gasteiger partial charge in [-0.3, -0.25) is 4.79 Å². The van der Waals surface area contributed by atoms with Crippen LogP contribution in [0.1, 0.15) is 16.2 Å². The lowest BCUT2D eigenvalue weighted by molar-refractivity contribution is -0.142. The van der Waals surface area contributed by atoms with Gasteiger partial charge in [-0.15, -0.1) is 0 Å². The average Bonchev–Trinajstić information content (AvgIpc) is 2.97. The monoisotopic (exact) mass is 336 g/mol. The topological polar surface area (TPSA) is 82.5 Å². The minimum Gasteiger partial charge on any atom is -0.497 e. The highest BCUT2D eigenvalue weighted by atomic mass is 19.4. The Hall–Kier alpha value is -3.10. The Morgan fingerprint density at radius 3 is 2.42 bits per heavy atom. The first kappa shape index (κ1) is 15.8. The number of ether oxygens (including phenoxy) is 1. The highest BCUT2D eigenvalue weighted by Crippen LogP contribution is 2.32. The van der Waals surface area contributed by atoms with Crippen molar-refractivity contribution < 1.29 is 22.7 Å². The minimum absolute atomic E-state index is 0.0911. The Bertz CT molecular complexity index is 917. The van der Waals surface area contributed by atoms with Crippen molar-refractivity contribution in [1.29, 1.82) is 0 Å². The van der Waals surface area contributed by atoms with E-state index in [0.717, 1.165) is 12.1 Å². The van der Waals surface area contributed by atoms with Gasteiger partial charge in [0.25, 0.3) is 5.91 Å². The summed E-state index contributed by atoms with van der Waals surface area (Å²) in [7, 11) is 1.48. The fraction of sp³-hybridized carbons (Fsp3) is 0.133. The summed E-state index contributed by atoms with van der Waals surface area (Å²) in [6.07, 6.45) is -4.68. The van der Waals surface area contributed by atoms with Gasteiger partial charge in [0, 0.05) is 11.6 Å². The lowest BCUT2D eigenvalue weighted by atomic mass is 10.1. The van der Waals surface area contributed by atoms with E-state index in [0.29, 0.717) is 15.8 Å². The number of rotatable bonds is 3. The normalized spacial score (nSPS) is 11.7. The summed E-state index contributed by atoms with van der Waals surface area (Å²) in [4.78, 5) is 15.3. The number of hydrogen-bond donors (Lipinski definition) is 1. The van der Waals surface area contributed by atoms with Gasteiger partial charge in [0.2, 0.25) is 0 Å². The molecule has 0 atom stereocenters. The molecule has 0 fully saturated rings. The van der Waals surface area contributed by atoms with Gasteiger partial charge >= 0.3 is 6.18 Å². The Balaban J connectivity index is 2.23. The smallest absolute Gasteiger partial charge is 0.433 e. The van der Waals surface area contributed by atoms with Crippen LogP contribution < -0.4 is 10.5 Å². The summed E-state index contributed by atoms with van der Waals surface area (Å²) in [5.74, 6) is -0.365. The number of methoxy groups -OCH3 is 1. The summed E-state index contributed by atoms with van der Waals surface area (Å²) >= 11 is 0. The molecule has 0 spiro atoms. The van der Waals surface area contributed by atoms with Crippen LogP contribution in [0.2, 0.25) is 0 Å². The van der Waals surface area contributed by atoms with Gasteiger partial charge in [0.1, 0.15) is 5.75 Å². The molecular formula is C15H11F3N4O2. The summed E-state index contributed by atoms with van der Waals surface area (Å²) in [5.41, 5.74) is 4.17. The molecule has 6 nitrogen and oxygen atoms in total. The predicted molar refractivity (Wildman–Crippen MR) is 78.5 cm³/mol. The first-order valence-electron chi connectivity index (χ1n) is 6.72. The van der Waals surface area contributed by atoms with Crippen LogP contribution >= 0.6 is 0 Å². The SMILES string of the molecule is COc1ccc(-c2cc(C(F)(F)F)n3nc(C(N)=O)cc3n2)cc1. The molecule has 0 unspecified atom stereocenters. The van der Waals surface area contributed by atoms with Crippen molar-refractivity contribution in [3.05, 3.63) is 47.8 Å². The van der Waals surface area contributed by atoms with E-state index in [4.69, 9.17) is 10.5 Å². The van der Waals surface area contributed by atoms with Crippen molar-refractivity contribution in [2.75, 3.05) is 7.11 Å². The van der Waals surface area contributed by atoms with Crippen molar-refractivity contribution in [3.63, 3.8) is 0 Å². The van der Waals surface area contributed by atoms with Crippen molar-refractivity contribution in [2.24, 2.45) is 5.73 Å². The second-order valence-electron chi connectivity index (χ2n) is 4.92. The number of aromatic nitrogens is 3. The number of nitrogens with zero attached hydrogens (tertiary/aromatic N) is 3. The summed E-state index contributed by atoms with van der Waals surface area (Å²) in [5, 5.41) is 3.58. The van der Waals surface area contributed by atoms with Crippen molar-refractivity contribution in [2.45, 2.75) is 6.18 Å². The van der Waals surface area contributed by atoms with Crippen LogP contribution in [-0.2, 0) is 6.18 Å². The zero-order valence-corrected chi connectivity index (χ0v) is 12.3. The van der Waals surface area contributed by atoms with E-state index in [-0.39, 0.29) is 17.0 Å². The lowest BCUT2D eigenvalue weighted by Crippen LogP contribution is -2.15. The number of fused-ring (bicyclic) bond motifs is 1. The molecule has 3 aromatic rings. The summed E-state index contributed by atoms with van der Waals surface area (Å²) in [6, 6.07) is 8.38. The third-order valence-electron chi connectivity index (χ3n) is 3.36. The zero-order chi connectivity index (χ0) is 17.5. The number of nitrogens with two attached hydrogens (primary N) is 1. The van der Waals surface area contributed by atoms with Gasteiger partial charge in [-0.1, -0.05) is 0 Å². The summed E-state index contributed by atoms with van der Waals surface area (Å²) in [6.45, 7) is 0. The second-order valence-corrected chi connectivity index (χ2v) is 4.92. The number of halogens is 3. The summed E-state index contributed by atoms with van der Waals surface area (Å²) < 4.78 is 45.5. The molecule has 0 aliphatic carbocycles. The third-order valence-corrected chi connectivity index (χ3v) is 3.36. The Morgan fingerprint density at radius 2 is 1.88 bits per heavy atom. The van der Waals surface area contributed by atoms with Gasteiger partial charge < -0.3 is 10.5 Å². The van der Waals surface area contributed by atoms with Crippen molar-refractivity contribution in [1.82, 2.24) is 14.6 Å². The van der Waals surface area contributed by atoms with E-state index in [1.165, 1.54) is 7.11 Å². The molecule has 2 aromatic heterocycles. The molecule has 2 N–H and O–H groups in total. The van der Waals surface area contributed by atoms with Crippen LogP contribution in [0.4, 0.5) is 13.2 Å². The van der Waals surface area contributed by atoms with E-state index in [1.807, 2.05) is 0 Å². The molecular weight excluding hydrogens is 325 g/mol. The molecule has 3 rings (SSSR count). The standard InChI is InChI=1S/C15H11F3N4O2/c1-24-9-4-2-8(3-5-9)10-6-12(15(16,17)18)22-13(20-10)7-11(21-22)14(19)23/h2-7H,1H3,(H2,19,23). The van der Waals surface area contributed by atoms with E-state index in [1.54, 1.807) is 24.3 Å². The van der Waals surface area contributed by atoms with Gasteiger partial charge in [-0.2, -0.15) is 18.3 Å². The maximum Gasteiger partial charge on any atom is 0.433 e. The molecule has 0 radical (unpaired) electrons. The molecule has 2 heterocycles. The molecule has 0 aliphatic rings. The van der Waals surface area contributed by atoms with Gasteiger partial charge in [-0.25, -0.2) is 9.50 Å². The number of hydrogen-bond acceptors (Lipinski definition) is 4. The Labute approximate surface area is 133 Å². The molecule has 124 valence electrons. The molecule has 0 saturated heterocycles. The van der Waals surface area contributed by atoms with Gasteiger partial charge in [0.15, 0.2) is 17.0 Å². The van der Waals surface area contributed by atoms with Crippen LogP contribution in [0.25, 0.3) is 16.9 Å². The Kier molecular flexibility index (Phi) is 3.63. The van der Waals surface area contributed by atoms with Crippen LogP contribution in [0.3, 0.4) is 0 Å². The first-order chi connectivity index (χ1) is 11.3. The molecule has 24 heavy (non-hydrogen) atoms. The minimum atomic E-state index is -4.68. The maximum atomic E-state index is 13.3. The number of carbonyl (C=O) groups excluding carboxylic acids is 1. The van der Waals surface area contributed by atoms with E-state index in [9.17, 15) is 18.0 Å². The van der Waals surface area contributed by atoms with E-state index < -0.39 is 17.8 Å². The number of benzene rings is 1. The third kappa shape index (κ3) is 2.75. The second kappa shape index (κ2) is 5.52. The number of amides is 1. The van der Waals surface area contributed by atoms with Crippen molar-refractivity contribution in [3.8, 4) is 17.0 Å². The van der Waals surface area contributed by atoms with E-state index in [2.05, 4.69) is 10.1 Å². The molecule has 1 amide bonds. The lowest BCUT2D eigenvalue weighted by Gasteiger charge is -2.11. The highest BCUT2D eigenvalue weighted by molar-refractivity contribution is 5.91. The van der Waals surface area contributed by atoms with Gasteiger partial charge in [-0.05, 0) is 30.3 Å². The number of alkyl halides is 3. The first-order valence-corrected chi connectivity index (χ1v) is 6.72. The van der Waals surface area contributed by atoms with E-state index >= 15 is 0 Å². The fourth-order valence-electron chi connectivity index (χ4n) is 2.21. The zero-order valence-electron chi connectivity index (χ0n) is 12.3. The highest BCUT2D eigenvalue weighted by Gasteiger charge is 2.35. The largest absolute Gasteiger partial charge is 0.497 e. The van der Waals surface area contributed by atoms with Gasteiger partial charge in [0.05, 0.1) is 12.8 Å². The van der Waals surface area contributed by atoms with Crippen LogP contribution in [0, 0.1) is 0 Å². The fourth-order valence-corrected chi connectivity index (χ4v) is 2.21. The van der Waals surface area contributed by atoms with Crippen molar-refractivity contribution >= 4 is 11.6 Å². The average molecular weight is 336 g/mol. The Morgan fingerprint density at radius 1 is 1.21 bits per heavy atom. The maximum absolute atomic E-state index is 13.3. The molecule has 0 aliphatic heterocycles. The van der Waals surface area contributed by atoms with Crippen LogP contribution in [0.5, 0.6) is 5.75 Å². The molecule has 9 heteroatoms. The number of carbonyl (C=O) groups is 1. The van der Waals surface area contributed by atoms with Crippen LogP contribution in [-0.4, -0.2) is 27.6 Å². The quantitative estimate of drug-likeness (QED) is 0.797. The molecule has 0 saturated carbocycles. The molecule has 0 bridgehead atoms. The number of primary amides is 1. The molecule has 1 aromatic carbocycles.